The predicted molar refractivity (Wildman–Crippen MR) is 110 cm³/mol. The van der Waals surface area contributed by atoms with Gasteiger partial charge in [0, 0.05) is 23.6 Å². The van der Waals surface area contributed by atoms with Crippen molar-refractivity contribution in [2.75, 3.05) is 0 Å². The van der Waals surface area contributed by atoms with Crippen LogP contribution in [0.5, 0.6) is 5.75 Å². The quantitative estimate of drug-likeness (QED) is 0.499. The van der Waals surface area contributed by atoms with Gasteiger partial charge in [0.1, 0.15) is 17.1 Å². The van der Waals surface area contributed by atoms with Crippen LogP contribution in [0.3, 0.4) is 0 Å². The summed E-state index contributed by atoms with van der Waals surface area (Å²) in [6, 6.07) is 7.49. The minimum absolute atomic E-state index is 0.0360. The Labute approximate surface area is 168 Å². The van der Waals surface area contributed by atoms with Gasteiger partial charge in [-0.3, -0.25) is 14.4 Å². The van der Waals surface area contributed by atoms with Crippen LogP contribution in [0, 0.1) is 6.92 Å². The SMILES string of the molecule is CCCCCCc1cc(=O)c2c(C)cc3c(c2o1)C(=O)c1c(O)cccc1C3=O. The summed E-state index contributed by atoms with van der Waals surface area (Å²) in [7, 11) is 0. The molecule has 0 saturated heterocycles. The molecule has 1 aromatic heterocycles. The highest BCUT2D eigenvalue weighted by molar-refractivity contribution is 6.32. The van der Waals surface area contributed by atoms with Crippen molar-refractivity contribution in [3.8, 4) is 5.75 Å². The zero-order chi connectivity index (χ0) is 20.7. The number of rotatable bonds is 5. The fourth-order valence-electron chi connectivity index (χ4n) is 4.07. The Balaban J connectivity index is 1.94. The Morgan fingerprint density at radius 1 is 0.931 bits per heavy atom. The molecule has 2 aromatic carbocycles. The Hall–Kier alpha value is -3.21. The summed E-state index contributed by atoms with van der Waals surface area (Å²) < 4.78 is 6.02. The van der Waals surface area contributed by atoms with Gasteiger partial charge in [-0.25, -0.2) is 0 Å². The first-order chi connectivity index (χ1) is 13.9. The van der Waals surface area contributed by atoms with Crippen LogP contribution in [0.15, 0.2) is 39.5 Å². The third-order valence-electron chi connectivity index (χ3n) is 5.51. The second kappa shape index (κ2) is 7.32. The van der Waals surface area contributed by atoms with E-state index in [1.54, 1.807) is 13.0 Å². The normalized spacial score (nSPS) is 12.9. The molecule has 0 radical (unpaired) electrons. The van der Waals surface area contributed by atoms with Crippen molar-refractivity contribution in [1.82, 2.24) is 0 Å². The van der Waals surface area contributed by atoms with Crippen molar-refractivity contribution in [1.29, 1.82) is 0 Å². The summed E-state index contributed by atoms with van der Waals surface area (Å²) in [4.78, 5) is 39.1. The lowest BCUT2D eigenvalue weighted by Gasteiger charge is -2.20. The number of hydrogen-bond acceptors (Lipinski definition) is 5. The van der Waals surface area contributed by atoms with Gasteiger partial charge < -0.3 is 9.52 Å². The number of phenolic OH excluding ortho intramolecular Hbond substituents is 1. The smallest absolute Gasteiger partial charge is 0.202 e. The molecule has 0 unspecified atom stereocenters. The predicted octanol–water partition coefficient (Wildman–Crippen LogP) is 4.71. The summed E-state index contributed by atoms with van der Waals surface area (Å²) in [6.07, 6.45) is 4.72. The number of unbranched alkanes of at least 4 members (excludes halogenated alkanes) is 3. The average Bonchev–Trinajstić information content (AvgIpc) is 2.68. The Morgan fingerprint density at radius 2 is 1.72 bits per heavy atom. The van der Waals surface area contributed by atoms with Crippen LogP contribution in [-0.4, -0.2) is 16.7 Å². The largest absolute Gasteiger partial charge is 0.507 e. The minimum atomic E-state index is -0.496. The standard InChI is InChI=1S/C24H22O5/c1-3-4-5-6-8-14-12-18(26)19-13(2)11-16-21(24(19)29-14)23(28)20-15(22(16)27)9-7-10-17(20)25/h7,9-12,25H,3-6,8H2,1-2H3. The lowest BCUT2D eigenvalue weighted by Crippen LogP contribution is -2.22. The van der Waals surface area contributed by atoms with Crippen LogP contribution >= 0.6 is 0 Å². The van der Waals surface area contributed by atoms with Crippen LogP contribution in [0.2, 0.25) is 0 Å². The molecular formula is C24H22O5. The highest BCUT2D eigenvalue weighted by atomic mass is 16.3. The van der Waals surface area contributed by atoms with E-state index < -0.39 is 5.78 Å². The lowest BCUT2D eigenvalue weighted by atomic mass is 9.81. The van der Waals surface area contributed by atoms with Gasteiger partial charge in [-0.2, -0.15) is 0 Å². The Bertz CT molecular complexity index is 1220. The number of hydrogen-bond donors (Lipinski definition) is 1. The zero-order valence-electron chi connectivity index (χ0n) is 16.5. The van der Waals surface area contributed by atoms with Gasteiger partial charge in [0.05, 0.1) is 16.5 Å². The maximum absolute atomic E-state index is 13.2. The molecule has 0 saturated carbocycles. The van der Waals surface area contributed by atoms with E-state index in [9.17, 15) is 19.5 Å². The maximum atomic E-state index is 13.2. The van der Waals surface area contributed by atoms with E-state index >= 15 is 0 Å². The first-order valence-corrected chi connectivity index (χ1v) is 9.95. The second-order valence-electron chi connectivity index (χ2n) is 7.57. The second-order valence-corrected chi connectivity index (χ2v) is 7.57. The Kier molecular flexibility index (Phi) is 4.82. The van der Waals surface area contributed by atoms with E-state index in [1.807, 2.05) is 0 Å². The first-order valence-electron chi connectivity index (χ1n) is 9.95. The van der Waals surface area contributed by atoms with Crippen molar-refractivity contribution in [2.45, 2.75) is 46.0 Å². The molecule has 5 heteroatoms. The van der Waals surface area contributed by atoms with E-state index in [-0.39, 0.29) is 44.8 Å². The van der Waals surface area contributed by atoms with Crippen molar-refractivity contribution in [3.05, 3.63) is 74.1 Å². The van der Waals surface area contributed by atoms with Crippen LogP contribution < -0.4 is 5.43 Å². The van der Waals surface area contributed by atoms with E-state index in [4.69, 9.17) is 4.42 Å². The fraction of sp³-hybridized carbons (Fsp3) is 0.292. The first kappa shape index (κ1) is 19.1. The Morgan fingerprint density at radius 3 is 2.48 bits per heavy atom. The van der Waals surface area contributed by atoms with Gasteiger partial charge in [0.2, 0.25) is 5.78 Å². The van der Waals surface area contributed by atoms with Gasteiger partial charge >= 0.3 is 0 Å². The van der Waals surface area contributed by atoms with Gasteiger partial charge in [0.15, 0.2) is 11.2 Å². The highest BCUT2D eigenvalue weighted by Crippen LogP contribution is 2.37. The minimum Gasteiger partial charge on any atom is -0.507 e. The number of benzene rings is 2. The summed E-state index contributed by atoms with van der Waals surface area (Å²) in [5, 5.41) is 10.5. The topological polar surface area (TPSA) is 84.6 Å². The number of carbonyl (C=O) groups excluding carboxylic acids is 2. The molecule has 3 aromatic rings. The lowest BCUT2D eigenvalue weighted by molar-refractivity contribution is 0.0977. The monoisotopic (exact) mass is 390 g/mol. The van der Waals surface area contributed by atoms with Crippen molar-refractivity contribution >= 4 is 22.5 Å². The number of ketones is 2. The summed E-state index contributed by atoms with van der Waals surface area (Å²) in [6.45, 7) is 3.86. The molecule has 4 rings (SSSR count). The third kappa shape index (κ3) is 3.07. The van der Waals surface area contributed by atoms with E-state index in [0.29, 0.717) is 23.1 Å². The highest BCUT2D eigenvalue weighted by Gasteiger charge is 2.35. The molecule has 0 atom stereocenters. The third-order valence-corrected chi connectivity index (χ3v) is 5.51. The molecule has 1 aliphatic rings. The molecule has 1 heterocycles. The van der Waals surface area contributed by atoms with Crippen LogP contribution in [0.4, 0.5) is 0 Å². The number of carbonyl (C=O) groups is 2. The van der Waals surface area contributed by atoms with Crippen molar-refractivity contribution in [2.24, 2.45) is 0 Å². The van der Waals surface area contributed by atoms with E-state index in [0.717, 1.165) is 25.7 Å². The molecule has 148 valence electrons. The molecular weight excluding hydrogens is 368 g/mol. The van der Waals surface area contributed by atoms with Crippen LogP contribution in [0.1, 0.15) is 75.8 Å². The molecule has 29 heavy (non-hydrogen) atoms. The molecule has 0 fully saturated rings. The van der Waals surface area contributed by atoms with Gasteiger partial charge in [-0.05, 0) is 31.0 Å². The van der Waals surface area contributed by atoms with Gasteiger partial charge in [0.25, 0.3) is 0 Å². The van der Waals surface area contributed by atoms with Crippen molar-refractivity contribution in [3.63, 3.8) is 0 Å². The number of phenols is 1. The number of fused-ring (bicyclic) bond motifs is 4. The van der Waals surface area contributed by atoms with Gasteiger partial charge in [-0.1, -0.05) is 38.3 Å². The molecule has 0 bridgehead atoms. The van der Waals surface area contributed by atoms with E-state index in [2.05, 4.69) is 6.92 Å². The summed E-state index contributed by atoms with van der Waals surface area (Å²) in [5.41, 5.74) is 0.923. The number of aromatic hydroxyl groups is 1. The number of aryl methyl sites for hydroxylation is 2. The zero-order valence-corrected chi connectivity index (χ0v) is 16.5. The summed E-state index contributed by atoms with van der Waals surface area (Å²) in [5.74, 6) is -0.594. The van der Waals surface area contributed by atoms with Crippen LogP contribution in [-0.2, 0) is 6.42 Å². The molecule has 1 N–H and O–H groups in total. The maximum Gasteiger partial charge on any atom is 0.202 e. The molecule has 0 amide bonds. The molecule has 1 aliphatic carbocycles. The fourth-order valence-corrected chi connectivity index (χ4v) is 4.07. The molecule has 5 nitrogen and oxygen atoms in total. The van der Waals surface area contributed by atoms with E-state index in [1.165, 1.54) is 24.3 Å². The van der Waals surface area contributed by atoms with Crippen LogP contribution in [0.25, 0.3) is 11.0 Å². The van der Waals surface area contributed by atoms with Gasteiger partial charge in [-0.15, -0.1) is 0 Å². The molecule has 0 spiro atoms. The average molecular weight is 390 g/mol. The van der Waals surface area contributed by atoms with Crippen molar-refractivity contribution < 1.29 is 19.1 Å². The molecule has 0 aliphatic heterocycles. The summed E-state index contributed by atoms with van der Waals surface area (Å²) >= 11 is 0.